The average molecular weight is 418 g/mol. The van der Waals surface area contributed by atoms with Crippen LogP contribution in [0.4, 0.5) is 22.7 Å². The summed E-state index contributed by atoms with van der Waals surface area (Å²) in [7, 11) is 0. The SMILES string of the molecule is Nc1c(Cl)nnc(Cl)c1[N+](=O)[O-].Nc1c(Cl)nnc(Cl)c1[N+](=O)[O-]. The zero-order chi connectivity index (χ0) is 18.6. The molecule has 0 spiro atoms. The molecule has 16 heteroatoms. The Labute approximate surface area is 152 Å². The number of nitrogens with zero attached hydrogens (tertiary/aromatic N) is 6. The van der Waals surface area contributed by atoms with Crippen LogP contribution in [0.5, 0.6) is 0 Å². The van der Waals surface area contributed by atoms with Crippen molar-refractivity contribution in [3.63, 3.8) is 0 Å². The number of rotatable bonds is 2. The number of halogens is 4. The Morgan fingerprint density at radius 2 is 0.917 bits per heavy atom. The first kappa shape index (κ1) is 19.8. The first-order valence-electron chi connectivity index (χ1n) is 5.31. The van der Waals surface area contributed by atoms with Crippen molar-refractivity contribution in [2.24, 2.45) is 0 Å². The number of nitro groups is 2. The van der Waals surface area contributed by atoms with Gasteiger partial charge < -0.3 is 11.5 Å². The van der Waals surface area contributed by atoms with Crippen molar-refractivity contribution >= 4 is 69.2 Å². The molecule has 0 fully saturated rings. The van der Waals surface area contributed by atoms with Gasteiger partial charge >= 0.3 is 11.4 Å². The fourth-order valence-corrected chi connectivity index (χ4v) is 1.81. The molecule has 2 rings (SSSR count). The van der Waals surface area contributed by atoms with Crippen molar-refractivity contribution in [1.82, 2.24) is 20.4 Å². The highest BCUT2D eigenvalue weighted by Gasteiger charge is 2.22. The maximum absolute atomic E-state index is 10.3. The van der Waals surface area contributed by atoms with Crippen LogP contribution in [0.25, 0.3) is 0 Å². The van der Waals surface area contributed by atoms with Crippen molar-refractivity contribution in [2.45, 2.75) is 0 Å². The largest absolute Gasteiger partial charge is 0.390 e. The summed E-state index contributed by atoms with van der Waals surface area (Å²) in [5, 5.41) is 32.4. The summed E-state index contributed by atoms with van der Waals surface area (Å²) in [5.41, 5.74) is 8.86. The van der Waals surface area contributed by atoms with Crippen LogP contribution >= 0.6 is 46.4 Å². The maximum Gasteiger partial charge on any atom is 0.334 e. The molecule has 0 bridgehead atoms. The van der Waals surface area contributed by atoms with E-state index in [1.54, 1.807) is 0 Å². The van der Waals surface area contributed by atoms with E-state index in [0.29, 0.717) is 0 Å². The van der Waals surface area contributed by atoms with Crippen LogP contribution in [0.15, 0.2) is 0 Å². The minimum Gasteiger partial charge on any atom is -0.390 e. The lowest BCUT2D eigenvalue weighted by molar-refractivity contribution is -0.384. The van der Waals surface area contributed by atoms with Crippen LogP contribution in [0.3, 0.4) is 0 Å². The van der Waals surface area contributed by atoms with Gasteiger partial charge in [0, 0.05) is 0 Å². The standard InChI is InChI=1S/2C4H2Cl2N4O2/c2*5-3-1(7)2(10(11)12)4(6)9-8-3/h2*(H2,7,9). The van der Waals surface area contributed by atoms with Crippen LogP contribution in [0.2, 0.25) is 20.6 Å². The van der Waals surface area contributed by atoms with Gasteiger partial charge in [-0.3, -0.25) is 20.2 Å². The third-order valence-corrected chi connectivity index (χ3v) is 3.23. The van der Waals surface area contributed by atoms with Crippen molar-refractivity contribution in [3.05, 3.63) is 40.8 Å². The molecule has 24 heavy (non-hydrogen) atoms. The molecule has 0 aliphatic rings. The van der Waals surface area contributed by atoms with Gasteiger partial charge in [0.2, 0.25) is 10.3 Å². The van der Waals surface area contributed by atoms with E-state index in [2.05, 4.69) is 20.4 Å². The van der Waals surface area contributed by atoms with Gasteiger partial charge in [-0.25, -0.2) is 0 Å². The lowest BCUT2D eigenvalue weighted by Crippen LogP contribution is -2.00. The van der Waals surface area contributed by atoms with Crippen LogP contribution in [0.1, 0.15) is 0 Å². The van der Waals surface area contributed by atoms with Gasteiger partial charge in [-0.15, -0.1) is 20.4 Å². The summed E-state index contributed by atoms with van der Waals surface area (Å²) in [6.07, 6.45) is 0. The van der Waals surface area contributed by atoms with Crippen LogP contribution in [-0.4, -0.2) is 30.2 Å². The maximum atomic E-state index is 10.3. The molecule has 2 heterocycles. The van der Waals surface area contributed by atoms with Gasteiger partial charge in [0.25, 0.3) is 0 Å². The lowest BCUT2D eigenvalue weighted by atomic mass is 10.4. The molecule has 0 amide bonds. The van der Waals surface area contributed by atoms with E-state index >= 15 is 0 Å². The molecule has 128 valence electrons. The fourth-order valence-electron chi connectivity index (χ4n) is 1.14. The Morgan fingerprint density at radius 1 is 0.667 bits per heavy atom. The number of hydrogen-bond acceptors (Lipinski definition) is 10. The summed E-state index contributed by atoms with van der Waals surface area (Å²) >= 11 is 21.4. The van der Waals surface area contributed by atoms with Gasteiger partial charge in [-0.05, 0) is 0 Å². The Kier molecular flexibility index (Phi) is 6.60. The van der Waals surface area contributed by atoms with E-state index in [1.807, 2.05) is 0 Å². The molecule has 0 saturated heterocycles. The van der Waals surface area contributed by atoms with Gasteiger partial charge in [-0.2, -0.15) is 0 Å². The van der Waals surface area contributed by atoms with Gasteiger partial charge in [-0.1, -0.05) is 46.4 Å². The van der Waals surface area contributed by atoms with Gasteiger partial charge in [0.05, 0.1) is 9.85 Å². The molecular formula is C8H4Cl4N8O4. The predicted molar refractivity (Wildman–Crippen MR) is 86.2 cm³/mol. The zero-order valence-corrected chi connectivity index (χ0v) is 14.0. The fraction of sp³-hybridized carbons (Fsp3) is 0. The van der Waals surface area contributed by atoms with E-state index in [4.69, 9.17) is 57.9 Å². The van der Waals surface area contributed by atoms with E-state index in [1.165, 1.54) is 0 Å². The third kappa shape index (κ3) is 4.38. The van der Waals surface area contributed by atoms with Crippen LogP contribution < -0.4 is 11.5 Å². The molecule has 0 radical (unpaired) electrons. The summed E-state index contributed by atoms with van der Waals surface area (Å²) in [5.74, 6) is 0. The van der Waals surface area contributed by atoms with Gasteiger partial charge in [0.15, 0.2) is 21.7 Å². The summed E-state index contributed by atoms with van der Waals surface area (Å²) < 4.78 is 0. The normalized spacial score (nSPS) is 9.83. The van der Waals surface area contributed by atoms with Crippen LogP contribution in [-0.2, 0) is 0 Å². The number of aromatic nitrogens is 4. The van der Waals surface area contributed by atoms with Gasteiger partial charge in [0.1, 0.15) is 0 Å². The molecule has 0 aliphatic heterocycles. The summed E-state index contributed by atoms with van der Waals surface area (Å²) in [6.45, 7) is 0. The van der Waals surface area contributed by atoms with Crippen molar-refractivity contribution in [3.8, 4) is 0 Å². The monoisotopic (exact) mass is 416 g/mol. The van der Waals surface area contributed by atoms with Crippen molar-refractivity contribution < 1.29 is 9.85 Å². The molecule has 0 atom stereocenters. The van der Waals surface area contributed by atoms with E-state index < -0.39 is 21.2 Å². The molecule has 0 aliphatic carbocycles. The molecule has 12 nitrogen and oxygen atoms in total. The van der Waals surface area contributed by atoms with Crippen molar-refractivity contribution in [1.29, 1.82) is 0 Å². The third-order valence-electron chi connectivity index (χ3n) is 2.16. The second-order valence-electron chi connectivity index (χ2n) is 3.60. The average Bonchev–Trinajstić information content (AvgIpc) is 2.48. The molecule has 2 aromatic rings. The number of nitrogens with two attached hydrogens (primary N) is 2. The Hall–Kier alpha value is -2.28. The predicted octanol–water partition coefficient (Wildman–Crippen LogP) is 2.55. The molecule has 0 saturated carbocycles. The number of nitrogen functional groups attached to an aromatic ring is 2. The quantitative estimate of drug-likeness (QED) is 0.541. The lowest BCUT2D eigenvalue weighted by Gasteiger charge is -1.97. The Bertz CT molecular complexity index is 752. The van der Waals surface area contributed by atoms with Crippen LogP contribution in [0, 0.1) is 20.2 Å². The van der Waals surface area contributed by atoms with E-state index in [9.17, 15) is 20.2 Å². The molecule has 0 aromatic carbocycles. The second-order valence-corrected chi connectivity index (χ2v) is 5.03. The smallest absolute Gasteiger partial charge is 0.334 e. The number of hydrogen-bond donors (Lipinski definition) is 2. The Morgan fingerprint density at radius 3 is 1.12 bits per heavy atom. The highest BCUT2D eigenvalue weighted by atomic mass is 35.5. The van der Waals surface area contributed by atoms with Crippen molar-refractivity contribution in [2.75, 3.05) is 11.5 Å². The summed E-state index contributed by atoms with van der Waals surface area (Å²) in [6, 6.07) is 0. The topological polar surface area (TPSA) is 190 Å². The number of anilines is 2. The molecule has 4 N–H and O–H groups in total. The minimum atomic E-state index is -0.766. The highest BCUT2D eigenvalue weighted by molar-refractivity contribution is 6.35. The van der Waals surface area contributed by atoms with E-state index in [0.717, 1.165) is 0 Å². The Balaban J connectivity index is 0.000000240. The zero-order valence-electron chi connectivity index (χ0n) is 11.0. The highest BCUT2D eigenvalue weighted by Crippen LogP contribution is 2.32. The van der Waals surface area contributed by atoms with E-state index in [-0.39, 0.29) is 32.0 Å². The molecule has 2 aromatic heterocycles. The minimum absolute atomic E-state index is 0.230. The second kappa shape index (κ2) is 8.01. The summed E-state index contributed by atoms with van der Waals surface area (Å²) in [4.78, 5) is 19.1. The molecule has 0 unspecified atom stereocenters. The first-order valence-corrected chi connectivity index (χ1v) is 6.82. The molecular weight excluding hydrogens is 414 g/mol. The first-order chi connectivity index (χ1) is 11.1.